The molecule has 1 aromatic carbocycles. The molecule has 0 fully saturated rings. The highest BCUT2D eigenvalue weighted by molar-refractivity contribution is 5.57. The van der Waals surface area contributed by atoms with Crippen LogP contribution in [0.2, 0.25) is 0 Å². The zero-order chi connectivity index (χ0) is 12.3. The van der Waals surface area contributed by atoms with Crippen molar-refractivity contribution in [3.63, 3.8) is 0 Å². The fourth-order valence-electron chi connectivity index (χ4n) is 1.59. The van der Waals surface area contributed by atoms with Gasteiger partial charge in [0.15, 0.2) is 0 Å². The van der Waals surface area contributed by atoms with Crippen molar-refractivity contribution >= 4 is 0 Å². The molecule has 0 unspecified atom stereocenters. The van der Waals surface area contributed by atoms with Gasteiger partial charge in [0.25, 0.3) is 0 Å². The van der Waals surface area contributed by atoms with Crippen molar-refractivity contribution in [2.24, 2.45) is 0 Å². The third-order valence-electron chi connectivity index (χ3n) is 2.54. The first-order valence-electron chi connectivity index (χ1n) is 5.43. The van der Waals surface area contributed by atoms with Crippen molar-refractivity contribution in [1.82, 2.24) is 0 Å². The molecule has 0 amide bonds. The zero-order valence-electron chi connectivity index (χ0n) is 9.55. The summed E-state index contributed by atoms with van der Waals surface area (Å²) in [6, 6.07) is 11.6. The lowest BCUT2D eigenvalue weighted by molar-refractivity contribution is -0.479. The van der Waals surface area contributed by atoms with Gasteiger partial charge in [-0.3, -0.25) is 10.1 Å². The summed E-state index contributed by atoms with van der Waals surface area (Å²) in [5.74, 6) is 1.40. The molecular weight excluding hydrogens is 218 g/mol. The maximum absolute atomic E-state index is 10.3. The second-order valence-corrected chi connectivity index (χ2v) is 3.94. The van der Waals surface area contributed by atoms with Gasteiger partial charge in [-0.2, -0.15) is 0 Å². The van der Waals surface area contributed by atoms with E-state index in [1.165, 1.54) is 5.56 Å². The minimum absolute atomic E-state index is 0.0964. The Hall–Kier alpha value is -2.10. The topological polar surface area (TPSA) is 56.3 Å². The van der Waals surface area contributed by atoms with Crippen molar-refractivity contribution in [2.45, 2.75) is 13.3 Å². The van der Waals surface area contributed by atoms with E-state index in [4.69, 9.17) is 4.42 Å². The van der Waals surface area contributed by atoms with Crippen LogP contribution in [0.4, 0.5) is 0 Å². The third-order valence-corrected chi connectivity index (χ3v) is 2.54. The lowest BCUT2D eigenvalue weighted by Gasteiger charge is -1.97. The van der Waals surface area contributed by atoms with E-state index < -0.39 is 0 Å². The highest BCUT2D eigenvalue weighted by Crippen LogP contribution is 2.22. The van der Waals surface area contributed by atoms with E-state index in [0.29, 0.717) is 12.2 Å². The van der Waals surface area contributed by atoms with Crippen LogP contribution in [0, 0.1) is 17.0 Å². The zero-order valence-corrected chi connectivity index (χ0v) is 9.55. The lowest BCUT2D eigenvalue weighted by atomic mass is 10.1. The largest absolute Gasteiger partial charge is 0.461 e. The van der Waals surface area contributed by atoms with E-state index in [0.717, 1.165) is 11.3 Å². The highest BCUT2D eigenvalue weighted by Gasteiger charge is 2.07. The molecule has 0 N–H and O–H groups in total. The molecule has 17 heavy (non-hydrogen) atoms. The average molecular weight is 231 g/mol. The smallest absolute Gasteiger partial charge is 0.210 e. The quantitative estimate of drug-likeness (QED) is 0.600. The standard InChI is InChI=1S/C13H13NO3/c1-10-2-4-11(5-3-10)13-7-6-12(17-13)8-9-14(15)16/h2-7H,8-9H2,1H3. The van der Waals surface area contributed by atoms with E-state index >= 15 is 0 Å². The van der Waals surface area contributed by atoms with Crippen molar-refractivity contribution < 1.29 is 9.34 Å². The molecular formula is C13H13NO3. The van der Waals surface area contributed by atoms with Crippen LogP contribution in [-0.2, 0) is 6.42 Å². The fraction of sp³-hybridized carbons (Fsp3) is 0.231. The summed E-state index contributed by atoms with van der Waals surface area (Å²) in [5.41, 5.74) is 2.18. The van der Waals surface area contributed by atoms with E-state index in [9.17, 15) is 10.1 Å². The normalized spacial score (nSPS) is 10.4. The summed E-state index contributed by atoms with van der Waals surface area (Å²) < 4.78 is 5.56. The van der Waals surface area contributed by atoms with Crippen LogP contribution in [-0.4, -0.2) is 11.5 Å². The van der Waals surface area contributed by atoms with Crippen molar-refractivity contribution in [3.05, 3.63) is 57.8 Å². The Morgan fingerprint density at radius 2 is 1.88 bits per heavy atom. The number of hydrogen-bond donors (Lipinski definition) is 0. The number of rotatable bonds is 4. The van der Waals surface area contributed by atoms with Crippen LogP contribution in [0.1, 0.15) is 11.3 Å². The first-order chi connectivity index (χ1) is 8.15. The van der Waals surface area contributed by atoms with Gasteiger partial charge in [0.05, 0.1) is 6.42 Å². The first-order valence-corrected chi connectivity index (χ1v) is 5.43. The molecule has 0 spiro atoms. The number of hydrogen-bond acceptors (Lipinski definition) is 3. The van der Waals surface area contributed by atoms with Gasteiger partial charge in [0, 0.05) is 10.5 Å². The molecule has 1 heterocycles. The summed E-state index contributed by atoms with van der Waals surface area (Å²) in [6.45, 7) is 1.93. The van der Waals surface area contributed by atoms with E-state index in [-0.39, 0.29) is 11.5 Å². The molecule has 0 saturated carbocycles. The highest BCUT2D eigenvalue weighted by atomic mass is 16.6. The predicted octanol–water partition coefficient (Wildman–Crippen LogP) is 3.07. The number of aryl methyl sites for hydroxylation is 1. The Bertz CT molecular complexity index is 514. The van der Waals surface area contributed by atoms with Crippen LogP contribution in [0.3, 0.4) is 0 Å². The number of furan rings is 1. The first kappa shape index (κ1) is 11.4. The summed E-state index contributed by atoms with van der Waals surface area (Å²) in [6.07, 6.45) is 0.332. The van der Waals surface area contributed by atoms with Crippen LogP contribution in [0.5, 0.6) is 0 Å². The second kappa shape index (κ2) is 4.82. The molecule has 0 aliphatic rings. The average Bonchev–Trinajstić information content (AvgIpc) is 2.76. The fourth-order valence-corrected chi connectivity index (χ4v) is 1.59. The summed E-state index contributed by atoms with van der Waals surface area (Å²) in [5, 5.41) is 10.3. The van der Waals surface area contributed by atoms with Gasteiger partial charge in [-0.15, -0.1) is 0 Å². The predicted molar refractivity (Wildman–Crippen MR) is 64.4 cm³/mol. The van der Waals surface area contributed by atoms with Crippen LogP contribution in [0.15, 0.2) is 40.8 Å². The Kier molecular flexibility index (Phi) is 3.23. The van der Waals surface area contributed by atoms with Crippen LogP contribution in [0.25, 0.3) is 11.3 Å². The Morgan fingerprint density at radius 3 is 2.53 bits per heavy atom. The minimum atomic E-state index is -0.339. The molecule has 0 aliphatic heterocycles. The van der Waals surface area contributed by atoms with Crippen molar-refractivity contribution in [2.75, 3.05) is 6.54 Å². The summed E-state index contributed by atoms with van der Waals surface area (Å²) >= 11 is 0. The van der Waals surface area contributed by atoms with Crippen LogP contribution >= 0.6 is 0 Å². The number of benzene rings is 1. The van der Waals surface area contributed by atoms with E-state index in [1.807, 2.05) is 37.3 Å². The lowest BCUT2D eigenvalue weighted by Crippen LogP contribution is -2.02. The van der Waals surface area contributed by atoms with Crippen molar-refractivity contribution in [3.8, 4) is 11.3 Å². The molecule has 2 aromatic rings. The van der Waals surface area contributed by atoms with Crippen molar-refractivity contribution in [1.29, 1.82) is 0 Å². The Morgan fingerprint density at radius 1 is 1.18 bits per heavy atom. The molecule has 0 bridgehead atoms. The third kappa shape index (κ3) is 2.93. The molecule has 0 atom stereocenters. The Balaban J connectivity index is 2.12. The SMILES string of the molecule is Cc1ccc(-c2ccc(CC[N+](=O)[O-])o2)cc1. The summed E-state index contributed by atoms with van der Waals surface area (Å²) in [4.78, 5) is 9.91. The van der Waals surface area contributed by atoms with E-state index in [1.54, 1.807) is 6.07 Å². The number of nitrogens with zero attached hydrogens (tertiary/aromatic N) is 1. The molecule has 0 aliphatic carbocycles. The van der Waals surface area contributed by atoms with Crippen LogP contribution < -0.4 is 0 Å². The van der Waals surface area contributed by atoms with Gasteiger partial charge in [0.2, 0.25) is 6.54 Å². The maximum atomic E-state index is 10.3. The molecule has 0 radical (unpaired) electrons. The van der Waals surface area contributed by atoms with Gasteiger partial charge in [0.1, 0.15) is 11.5 Å². The minimum Gasteiger partial charge on any atom is -0.461 e. The molecule has 1 aromatic heterocycles. The Labute approximate surface area is 99.0 Å². The molecule has 88 valence electrons. The van der Waals surface area contributed by atoms with E-state index in [2.05, 4.69) is 0 Å². The monoisotopic (exact) mass is 231 g/mol. The number of nitro groups is 1. The van der Waals surface area contributed by atoms with Gasteiger partial charge in [-0.25, -0.2) is 0 Å². The molecule has 4 heteroatoms. The molecule has 2 rings (SSSR count). The molecule has 4 nitrogen and oxygen atoms in total. The van der Waals surface area contributed by atoms with Gasteiger partial charge in [-0.1, -0.05) is 29.8 Å². The second-order valence-electron chi connectivity index (χ2n) is 3.94. The van der Waals surface area contributed by atoms with Gasteiger partial charge >= 0.3 is 0 Å². The summed E-state index contributed by atoms with van der Waals surface area (Å²) in [7, 11) is 0. The van der Waals surface area contributed by atoms with Gasteiger partial charge in [-0.05, 0) is 19.1 Å². The van der Waals surface area contributed by atoms with Gasteiger partial charge < -0.3 is 4.42 Å². The maximum Gasteiger partial charge on any atom is 0.210 e. The molecule has 0 saturated heterocycles.